The fraction of sp³-hybridized carbons (Fsp3) is 0.636. The van der Waals surface area contributed by atoms with Crippen LogP contribution in [-0.4, -0.2) is 50.2 Å². The average Bonchev–Trinajstić information content (AvgIpc) is 3.37. The summed E-state index contributed by atoms with van der Waals surface area (Å²) in [5, 5.41) is 3.08. The molecule has 3 rings (SSSR count). The molecule has 0 radical (unpaired) electrons. The lowest BCUT2D eigenvalue weighted by atomic mass is 10.1. The summed E-state index contributed by atoms with van der Waals surface area (Å²) < 4.78 is 27.3. The molecule has 0 aromatic heterocycles. The van der Waals surface area contributed by atoms with Crippen molar-refractivity contribution in [3.8, 4) is 0 Å². The maximum atomic E-state index is 12.9. The Labute approximate surface area is 179 Å². The number of carbonyl (C=O) groups excluding carboxylic acids is 2. The zero-order valence-electron chi connectivity index (χ0n) is 18.0. The average molecular weight is 436 g/mol. The lowest BCUT2D eigenvalue weighted by Crippen LogP contribution is -2.38. The Bertz CT molecular complexity index is 842. The van der Waals surface area contributed by atoms with Crippen LogP contribution in [0.5, 0.6) is 0 Å². The topological polar surface area (TPSA) is 86.8 Å². The summed E-state index contributed by atoms with van der Waals surface area (Å²) in [5.41, 5.74) is 0.632. The molecule has 0 spiro atoms. The Hall–Kier alpha value is -1.93. The molecule has 1 heterocycles. The van der Waals surface area contributed by atoms with Crippen molar-refractivity contribution in [1.82, 2.24) is 9.62 Å². The van der Waals surface area contributed by atoms with Crippen molar-refractivity contribution in [1.29, 1.82) is 0 Å². The quantitative estimate of drug-likeness (QED) is 0.646. The molecule has 2 amide bonds. The number of amides is 2. The van der Waals surface area contributed by atoms with Gasteiger partial charge in [-0.3, -0.25) is 9.59 Å². The maximum absolute atomic E-state index is 12.9. The predicted octanol–water partition coefficient (Wildman–Crippen LogP) is 2.91. The molecule has 1 aliphatic heterocycles. The second kappa shape index (κ2) is 9.92. The highest BCUT2D eigenvalue weighted by molar-refractivity contribution is 7.89. The molecule has 30 heavy (non-hydrogen) atoms. The summed E-state index contributed by atoms with van der Waals surface area (Å²) in [5.74, 6) is -0.506. The number of sulfonamides is 1. The lowest BCUT2D eigenvalue weighted by molar-refractivity contribution is -0.126. The van der Waals surface area contributed by atoms with Crippen molar-refractivity contribution in [2.45, 2.75) is 69.7 Å². The van der Waals surface area contributed by atoms with Crippen LogP contribution in [0, 0.1) is 5.92 Å². The van der Waals surface area contributed by atoms with Crippen molar-refractivity contribution in [2.75, 3.05) is 24.5 Å². The van der Waals surface area contributed by atoms with Gasteiger partial charge < -0.3 is 10.2 Å². The van der Waals surface area contributed by atoms with E-state index in [9.17, 15) is 18.0 Å². The number of benzene rings is 1. The third kappa shape index (κ3) is 5.03. The van der Waals surface area contributed by atoms with Crippen LogP contribution in [0.3, 0.4) is 0 Å². The van der Waals surface area contributed by atoms with E-state index in [1.165, 1.54) is 4.31 Å². The van der Waals surface area contributed by atoms with Gasteiger partial charge in [-0.2, -0.15) is 4.31 Å². The third-order valence-corrected chi connectivity index (χ3v) is 7.84. The van der Waals surface area contributed by atoms with E-state index in [2.05, 4.69) is 5.32 Å². The van der Waals surface area contributed by atoms with Crippen LogP contribution in [0.1, 0.15) is 58.8 Å². The molecule has 8 heteroatoms. The number of nitrogens with zero attached hydrogens (tertiary/aromatic N) is 2. The molecule has 1 saturated carbocycles. The summed E-state index contributed by atoms with van der Waals surface area (Å²) in [6, 6.07) is 6.68. The SMILES string of the molecule is CCCN(CCC)S(=O)(=O)c1ccc(N2C[C@@H](C(=O)NC3CCCC3)CC2=O)cc1. The molecule has 1 aromatic carbocycles. The Kier molecular flexibility index (Phi) is 7.52. The summed E-state index contributed by atoms with van der Waals surface area (Å²) >= 11 is 0. The van der Waals surface area contributed by atoms with Gasteiger partial charge in [-0.15, -0.1) is 0 Å². The molecule has 1 N–H and O–H groups in total. The highest BCUT2D eigenvalue weighted by Crippen LogP contribution is 2.28. The number of hydrogen-bond donors (Lipinski definition) is 1. The minimum Gasteiger partial charge on any atom is -0.353 e. The van der Waals surface area contributed by atoms with Gasteiger partial charge in [-0.1, -0.05) is 26.7 Å². The van der Waals surface area contributed by atoms with Crippen LogP contribution < -0.4 is 10.2 Å². The second-order valence-corrected chi connectivity index (χ2v) is 10.2. The first-order valence-electron chi connectivity index (χ1n) is 11.1. The molecule has 1 atom stereocenters. The molecule has 1 aromatic rings. The van der Waals surface area contributed by atoms with Crippen LogP contribution in [0.2, 0.25) is 0 Å². The Morgan fingerprint density at radius 2 is 1.70 bits per heavy atom. The Balaban J connectivity index is 1.68. The van der Waals surface area contributed by atoms with E-state index in [4.69, 9.17) is 0 Å². The molecule has 0 bridgehead atoms. The number of nitrogens with one attached hydrogen (secondary N) is 1. The lowest BCUT2D eigenvalue weighted by Gasteiger charge is -2.22. The van der Waals surface area contributed by atoms with Crippen molar-refractivity contribution in [3.05, 3.63) is 24.3 Å². The third-order valence-electron chi connectivity index (χ3n) is 5.93. The number of anilines is 1. The van der Waals surface area contributed by atoms with Gasteiger partial charge in [0.15, 0.2) is 0 Å². The first-order chi connectivity index (χ1) is 14.4. The van der Waals surface area contributed by atoms with E-state index >= 15 is 0 Å². The predicted molar refractivity (Wildman–Crippen MR) is 117 cm³/mol. The van der Waals surface area contributed by atoms with Gasteiger partial charge in [0.05, 0.1) is 10.8 Å². The molecular formula is C22H33N3O4S. The van der Waals surface area contributed by atoms with Gasteiger partial charge in [-0.05, 0) is 49.9 Å². The normalized spacial score (nSPS) is 20.3. The number of rotatable bonds is 9. The Morgan fingerprint density at radius 1 is 1.10 bits per heavy atom. The first kappa shape index (κ1) is 22.7. The molecule has 166 valence electrons. The van der Waals surface area contributed by atoms with Crippen molar-refractivity contribution in [3.63, 3.8) is 0 Å². The molecule has 1 saturated heterocycles. The Morgan fingerprint density at radius 3 is 2.27 bits per heavy atom. The van der Waals surface area contributed by atoms with Gasteiger partial charge in [0.2, 0.25) is 21.8 Å². The molecule has 0 unspecified atom stereocenters. The number of hydrogen-bond acceptors (Lipinski definition) is 4. The minimum absolute atomic E-state index is 0.0493. The van der Waals surface area contributed by atoms with Crippen LogP contribution >= 0.6 is 0 Å². The second-order valence-electron chi connectivity index (χ2n) is 8.29. The summed E-state index contributed by atoms with van der Waals surface area (Å²) in [6.07, 6.45) is 6.01. The van der Waals surface area contributed by atoms with Gasteiger partial charge in [0.25, 0.3) is 0 Å². The van der Waals surface area contributed by atoms with E-state index in [0.29, 0.717) is 25.3 Å². The standard InChI is InChI=1S/C22H33N3O4S/c1-3-13-24(14-4-2)30(28,29)20-11-9-19(10-12-20)25-16-17(15-21(25)26)22(27)23-18-7-5-6-8-18/h9-12,17-18H,3-8,13-16H2,1-2H3,(H,23,27)/t17-/m0/s1. The van der Waals surface area contributed by atoms with Crippen molar-refractivity contribution in [2.24, 2.45) is 5.92 Å². The highest BCUT2D eigenvalue weighted by Gasteiger charge is 2.36. The highest BCUT2D eigenvalue weighted by atomic mass is 32.2. The van der Waals surface area contributed by atoms with Gasteiger partial charge in [0.1, 0.15) is 0 Å². The summed E-state index contributed by atoms with van der Waals surface area (Å²) in [4.78, 5) is 26.9. The fourth-order valence-corrected chi connectivity index (χ4v) is 5.94. The molecule has 1 aliphatic carbocycles. The summed E-state index contributed by atoms with van der Waals surface area (Å²) in [7, 11) is -3.55. The fourth-order valence-electron chi connectivity index (χ4n) is 4.32. The monoisotopic (exact) mass is 435 g/mol. The number of carbonyl (C=O) groups is 2. The smallest absolute Gasteiger partial charge is 0.243 e. The van der Waals surface area contributed by atoms with E-state index in [-0.39, 0.29) is 35.1 Å². The van der Waals surface area contributed by atoms with Crippen molar-refractivity contribution >= 4 is 27.5 Å². The summed E-state index contributed by atoms with van der Waals surface area (Å²) in [6.45, 7) is 5.22. The minimum atomic E-state index is -3.55. The molecule has 7 nitrogen and oxygen atoms in total. The molecule has 2 fully saturated rings. The van der Waals surface area contributed by atoms with Gasteiger partial charge in [-0.25, -0.2) is 8.42 Å². The maximum Gasteiger partial charge on any atom is 0.243 e. The van der Waals surface area contributed by atoms with Crippen LogP contribution in [0.25, 0.3) is 0 Å². The van der Waals surface area contributed by atoms with E-state index in [1.807, 2.05) is 13.8 Å². The molecule has 2 aliphatic rings. The zero-order chi connectivity index (χ0) is 21.7. The largest absolute Gasteiger partial charge is 0.353 e. The van der Waals surface area contributed by atoms with Gasteiger partial charge >= 0.3 is 0 Å². The van der Waals surface area contributed by atoms with E-state index < -0.39 is 10.0 Å². The first-order valence-corrected chi connectivity index (χ1v) is 12.5. The van der Waals surface area contributed by atoms with E-state index in [0.717, 1.165) is 38.5 Å². The van der Waals surface area contributed by atoms with Crippen molar-refractivity contribution < 1.29 is 18.0 Å². The zero-order valence-corrected chi connectivity index (χ0v) is 18.8. The van der Waals surface area contributed by atoms with Gasteiger partial charge in [0, 0.05) is 37.8 Å². The van der Waals surface area contributed by atoms with Crippen LogP contribution in [-0.2, 0) is 19.6 Å². The molecular weight excluding hydrogens is 402 g/mol. The van der Waals surface area contributed by atoms with Crippen LogP contribution in [0.15, 0.2) is 29.2 Å². The van der Waals surface area contributed by atoms with Crippen LogP contribution in [0.4, 0.5) is 5.69 Å². The van der Waals surface area contributed by atoms with E-state index in [1.54, 1.807) is 29.2 Å².